The van der Waals surface area contributed by atoms with Gasteiger partial charge in [0.05, 0.1) is 6.33 Å². The highest BCUT2D eigenvalue weighted by atomic mass is 16.6. The summed E-state index contributed by atoms with van der Waals surface area (Å²) in [6.45, 7) is 7.82. The van der Waals surface area contributed by atoms with Crippen LogP contribution in [0.15, 0.2) is 12.5 Å². The number of hydrogen-bond donors (Lipinski definition) is 0. The average Bonchev–Trinajstić information content (AvgIpc) is 3.02. The summed E-state index contributed by atoms with van der Waals surface area (Å²) in [6, 6.07) is 0. The lowest BCUT2D eigenvalue weighted by atomic mass is 10.1. The number of carbonyl (C=O) groups is 1. The molecule has 0 saturated carbocycles. The number of carbonyl (C=O) groups excluding carboxylic acids is 1. The SMILES string of the molecule is C#CCCn1cncc1C1CCN(C(=O)OC(C)(C)C)C1. The smallest absolute Gasteiger partial charge is 0.410 e. The fraction of sp³-hybridized carbons (Fsp3) is 0.625. The van der Waals surface area contributed by atoms with Crippen LogP contribution >= 0.6 is 0 Å². The minimum absolute atomic E-state index is 0.236. The maximum Gasteiger partial charge on any atom is 0.410 e. The van der Waals surface area contributed by atoms with Crippen molar-refractivity contribution in [2.24, 2.45) is 0 Å². The Balaban J connectivity index is 1.98. The standard InChI is InChI=1S/C16H23N3O2/c1-5-6-8-19-12-17-10-14(19)13-7-9-18(11-13)15(20)21-16(2,3)4/h1,10,12-13H,6-9,11H2,2-4H3. The maximum atomic E-state index is 12.1. The third kappa shape index (κ3) is 4.01. The highest BCUT2D eigenvalue weighted by molar-refractivity contribution is 5.68. The van der Waals surface area contributed by atoms with Crippen molar-refractivity contribution in [3.63, 3.8) is 0 Å². The Morgan fingerprint density at radius 1 is 1.57 bits per heavy atom. The molecule has 1 saturated heterocycles. The van der Waals surface area contributed by atoms with Gasteiger partial charge in [-0.3, -0.25) is 0 Å². The van der Waals surface area contributed by atoms with Gasteiger partial charge < -0.3 is 14.2 Å². The summed E-state index contributed by atoms with van der Waals surface area (Å²) in [4.78, 5) is 18.1. The topological polar surface area (TPSA) is 47.4 Å². The van der Waals surface area contributed by atoms with Crippen LogP contribution < -0.4 is 0 Å². The Kier molecular flexibility index (Phi) is 4.56. The van der Waals surface area contributed by atoms with E-state index in [4.69, 9.17) is 11.2 Å². The van der Waals surface area contributed by atoms with E-state index < -0.39 is 5.60 Å². The van der Waals surface area contributed by atoms with Gasteiger partial charge in [0.25, 0.3) is 0 Å². The number of likely N-dealkylation sites (tertiary alicyclic amines) is 1. The highest BCUT2D eigenvalue weighted by Gasteiger charge is 2.31. The Labute approximate surface area is 126 Å². The summed E-state index contributed by atoms with van der Waals surface area (Å²) < 4.78 is 7.51. The molecule has 1 aliphatic heterocycles. The number of rotatable bonds is 3. The van der Waals surface area contributed by atoms with Crippen LogP contribution in [0.2, 0.25) is 0 Å². The Hall–Kier alpha value is -1.96. The van der Waals surface area contributed by atoms with Crippen LogP contribution in [0.4, 0.5) is 4.79 Å². The summed E-state index contributed by atoms with van der Waals surface area (Å²) >= 11 is 0. The van der Waals surface area contributed by atoms with Gasteiger partial charge in [-0.25, -0.2) is 9.78 Å². The summed E-state index contributed by atoms with van der Waals surface area (Å²) in [5.74, 6) is 2.95. The minimum atomic E-state index is -0.455. The summed E-state index contributed by atoms with van der Waals surface area (Å²) in [5, 5.41) is 0. The molecule has 1 aliphatic rings. The van der Waals surface area contributed by atoms with Crippen LogP contribution in [-0.2, 0) is 11.3 Å². The third-order valence-corrected chi connectivity index (χ3v) is 3.50. The summed E-state index contributed by atoms with van der Waals surface area (Å²) in [7, 11) is 0. The minimum Gasteiger partial charge on any atom is -0.444 e. The molecule has 1 unspecified atom stereocenters. The molecule has 0 radical (unpaired) electrons. The van der Waals surface area contributed by atoms with Crippen molar-refractivity contribution in [3.05, 3.63) is 18.2 Å². The Morgan fingerprint density at radius 3 is 3.00 bits per heavy atom. The maximum absolute atomic E-state index is 12.1. The number of terminal acetylenes is 1. The number of hydrogen-bond acceptors (Lipinski definition) is 3. The molecule has 21 heavy (non-hydrogen) atoms. The van der Waals surface area contributed by atoms with Crippen molar-refractivity contribution in [2.45, 2.75) is 51.7 Å². The average molecular weight is 289 g/mol. The number of aromatic nitrogens is 2. The molecule has 114 valence electrons. The number of aryl methyl sites for hydroxylation is 1. The predicted octanol–water partition coefficient (Wildman–Crippen LogP) is 2.63. The van der Waals surface area contributed by atoms with E-state index in [1.807, 2.05) is 33.3 Å². The first-order valence-corrected chi connectivity index (χ1v) is 7.32. The normalized spacial score (nSPS) is 18.6. The fourth-order valence-electron chi connectivity index (χ4n) is 2.54. The van der Waals surface area contributed by atoms with E-state index in [0.717, 1.165) is 25.2 Å². The van der Waals surface area contributed by atoms with Crippen LogP contribution in [0.1, 0.15) is 45.2 Å². The van der Waals surface area contributed by atoms with Gasteiger partial charge in [-0.2, -0.15) is 0 Å². The second kappa shape index (κ2) is 6.21. The molecule has 0 bridgehead atoms. The molecule has 0 N–H and O–H groups in total. The van der Waals surface area contributed by atoms with Gasteiger partial charge in [0.1, 0.15) is 5.60 Å². The first kappa shape index (κ1) is 15.4. The largest absolute Gasteiger partial charge is 0.444 e. The molecule has 1 fully saturated rings. The quantitative estimate of drug-likeness (QED) is 0.804. The molecule has 0 spiro atoms. The van der Waals surface area contributed by atoms with E-state index in [9.17, 15) is 4.79 Å². The zero-order chi connectivity index (χ0) is 15.5. The zero-order valence-corrected chi connectivity index (χ0v) is 13.0. The van der Waals surface area contributed by atoms with Crippen LogP contribution in [0, 0.1) is 12.3 Å². The van der Waals surface area contributed by atoms with Gasteiger partial charge in [-0.1, -0.05) is 0 Å². The molecule has 1 amide bonds. The lowest BCUT2D eigenvalue weighted by Gasteiger charge is -2.24. The number of ether oxygens (including phenoxy) is 1. The lowest BCUT2D eigenvalue weighted by molar-refractivity contribution is 0.0292. The molecule has 1 atom stereocenters. The van der Waals surface area contributed by atoms with E-state index in [0.29, 0.717) is 18.9 Å². The van der Waals surface area contributed by atoms with Gasteiger partial charge in [0.15, 0.2) is 0 Å². The molecule has 0 aliphatic carbocycles. The monoisotopic (exact) mass is 289 g/mol. The van der Waals surface area contributed by atoms with Crippen molar-refractivity contribution >= 4 is 6.09 Å². The fourth-order valence-corrected chi connectivity index (χ4v) is 2.54. The van der Waals surface area contributed by atoms with E-state index >= 15 is 0 Å². The lowest BCUT2D eigenvalue weighted by Crippen LogP contribution is -2.35. The Bertz CT molecular complexity index is 536. The summed E-state index contributed by atoms with van der Waals surface area (Å²) in [6.07, 6.45) is 10.4. The van der Waals surface area contributed by atoms with Gasteiger partial charge in [0, 0.05) is 43.9 Å². The molecule has 1 aromatic heterocycles. The molecule has 2 heterocycles. The van der Waals surface area contributed by atoms with E-state index in [1.165, 1.54) is 0 Å². The van der Waals surface area contributed by atoms with Crippen LogP contribution in [0.25, 0.3) is 0 Å². The Morgan fingerprint density at radius 2 is 2.33 bits per heavy atom. The molecular formula is C16H23N3O2. The van der Waals surface area contributed by atoms with Gasteiger partial charge in [-0.05, 0) is 27.2 Å². The van der Waals surface area contributed by atoms with E-state index in [-0.39, 0.29) is 6.09 Å². The number of nitrogens with zero attached hydrogens (tertiary/aromatic N) is 3. The van der Waals surface area contributed by atoms with Crippen LogP contribution in [0.5, 0.6) is 0 Å². The third-order valence-electron chi connectivity index (χ3n) is 3.50. The zero-order valence-electron chi connectivity index (χ0n) is 13.0. The molecule has 2 rings (SSSR count). The first-order valence-electron chi connectivity index (χ1n) is 7.32. The van der Waals surface area contributed by atoms with Crippen molar-refractivity contribution in [1.29, 1.82) is 0 Å². The molecule has 5 nitrogen and oxygen atoms in total. The second-order valence-electron chi connectivity index (χ2n) is 6.38. The van der Waals surface area contributed by atoms with E-state index in [1.54, 1.807) is 4.90 Å². The van der Waals surface area contributed by atoms with Crippen molar-refractivity contribution in [1.82, 2.24) is 14.5 Å². The van der Waals surface area contributed by atoms with Crippen molar-refractivity contribution in [3.8, 4) is 12.3 Å². The predicted molar refractivity (Wildman–Crippen MR) is 80.8 cm³/mol. The van der Waals surface area contributed by atoms with Crippen molar-refractivity contribution in [2.75, 3.05) is 13.1 Å². The van der Waals surface area contributed by atoms with Gasteiger partial charge in [0.2, 0.25) is 0 Å². The first-order chi connectivity index (χ1) is 9.90. The molecule has 5 heteroatoms. The van der Waals surface area contributed by atoms with Gasteiger partial charge >= 0.3 is 6.09 Å². The second-order valence-corrected chi connectivity index (χ2v) is 6.38. The van der Waals surface area contributed by atoms with E-state index in [2.05, 4.69) is 15.5 Å². The summed E-state index contributed by atoms with van der Waals surface area (Å²) in [5.41, 5.74) is 0.695. The number of amides is 1. The highest BCUT2D eigenvalue weighted by Crippen LogP contribution is 2.28. The molecule has 1 aromatic rings. The van der Waals surface area contributed by atoms with Gasteiger partial charge in [-0.15, -0.1) is 12.3 Å². The molecular weight excluding hydrogens is 266 g/mol. The number of imidazole rings is 1. The molecule has 0 aromatic carbocycles. The van der Waals surface area contributed by atoms with Crippen LogP contribution in [-0.4, -0.2) is 39.2 Å². The van der Waals surface area contributed by atoms with Crippen LogP contribution in [0.3, 0.4) is 0 Å². The van der Waals surface area contributed by atoms with Crippen molar-refractivity contribution < 1.29 is 9.53 Å².